The van der Waals surface area contributed by atoms with Crippen LogP contribution >= 0.6 is 0 Å². The molecule has 8 heavy (non-hydrogen) atoms. The fourth-order valence-electron chi connectivity index (χ4n) is 0.385. The first-order valence-electron chi connectivity index (χ1n) is 2.10. The normalized spacial score (nSPS) is 14.1. The molecule has 0 spiro atoms. The van der Waals surface area contributed by atoms with Gasteiger partial charge in [0.1, 0.15) is 0 Å². The van der Waals surface area contributed by atoms with Crippen molar-refractivity contribution in [2.45, 2.75) is 0 Å². The van der Waals surface area contributed by atoms with Crippen molar-refractivity contribution < 1.29 is 0 Å². The molecule has 1 rings (SSSR count). The molecule has 0 bridgehead atoms. The zero-order chi connectivity index (χ0) is 5.82. The van der Waals surface area contributed by atoms with E-state index in [4.69, 9.17) is 5.26 Å². The summed E-state index contributed by atoms with van der Waals surface area (Å²) in [6, 6.07) is 1.82. The maximum Gasteiger partial charge on any atom is 0.162 e. The summed E-state index contributed by atoms with van der Waals surface area (Å²) < 4.78 is 0. The van der Waals surface area contributed by atoms with Crippen molar-refractivity contribution in [3.8, 4) is 6.07 Å². The van der Waals surface area contributed by atoms with Crippen LogP contribution in [-0.2, 0) is 0 Å². The van der Waals surface area contributed by atoms with Crippen LogP contribution in [0.15, 0.2) is 21.9 Å². The van der Waals surface area contributed by atoms with Crippen molar-refractivity contribution >= 4 is 12.4 Å². The zero-order valence-corrected chi connectivity index (χ0v) is 4.07. The quantitative estimate of drug-likeness (QED) is 0.414. The van der Waals surface area contributed by atoms with Crippen LogP contribution in [0, 0.1) is 11.3 Å². The van der Waals surface area contributed by atoms with Crippen molar-refractivity contribution in [2.24, 2.45) is 9.98 Å². The summed E-state index contributed by atoms with van der Waals surface area (Å²) in [6.07, 6.45) is 4.38. The molecule has 0 unspecified atom stereocenters. The van der Waals surface area contributed by atoms with Crippen LogP contribution in [0.3, 0.4) is 0 Å². The van der Waals surface area contributed by atoms with Crippen molar-refractivity contribution in [1.29, 1.82) is 5.26 Å². The first kappa shape index (κ1) is 4.72. The highest BCUT2D eigenvalue weighted by atomic mass is 15.0. The van der Waals surface area contributed by atoms with Gasteiger partial charge in [0.05, 0.1) is 12.1 Å². The molecule has 0 aliphatic carbocycles. The first-order chi connectivity index (χ1) is 3.93. The standard InChI is InChI=1S/C5H3N3/c6-2-1-5-7-3-4-8-5/h1,3-4H. The molecule has 0 aromatic carbocycles. The lowest BCUT2D eigenvalue weighted by molar-refractivity contribution is 1.29. The van der Waals surface area contributed by atoms with Gasteiger partial charge in [0.25, 0.3) is 0 Å². The maximum atomic E-state index is 8.05. The molecular weight excluding hydrogens is 102 g/mol. The Morgan fingerprint density at radius 2 is 2.12 bits per heavy atom. The molecule has 0 aromatic rings. The van der Waals surface area contributed by atoms with Gasteiger partial charge in [-0.15, -0.1) is 0 Å². The van der Waals surface area contributed by atoms with E-state index in [2.05, 4.69) is 9.98 Å². The lowest BCUT2D eigenvalue weighted by Gasteiger charge is -1.75. The summed E-state index contributed by atoms with van der Waals surface area (Å²) in [5.41, 5.74) is 0. The lowest BCUT2D eigenvalue weighted by Crippen LogP contribution is -1.60. The van der Waals surface area contributed by atoms with Crippen LogP contribution in [0.2, 0.25) is 0 Å². The number of nitrogens with zero attached hydrogens (tertiary/aromatic N) is 3. The fraction of sp³-hybridized carbons (Fsp3) is 0. The minimum absolute atomic E-state index is 0.479. The van der Waals surface area contributed by atoms with E-state index < -0.39 is 0 Å². The molecule has 0 saturated carbocycles. The highest BCUT2D eigenvalue weighted by Gasteiger charge is 1.89. The molecule has 38 valence electrons. The predicted octanol–water partition coefficient (Wildman–Crippen LogP) is 0.507. The Bertz CT molecular complexity index is 190. The van der Waals surface area contributed by atoms with Crippen LogP contribution in [0.25, 0.3) is 0 Å². The molecule has 1 aliphatic heterocycles. The smallest absolute Gasteiger partial charge is 0.162 e. The Labute approximate surface area is 46.7 Å². The number of rotatable bonds is 0. The van der Waals surface area contributed by atoms with E-state index in [9.17, 15) is 0 Å². The number of aliphatic imine (C=N–C) groups is 2. The van der Waals surface area contributed by atoms with Gasteiger partial charge in [-0.1, -0.05) is 0 Å². The van der Waals surface area contributed by atoms with Gasteiger partial charge < -0.3 is 0 Å². The van der Waals surface area contributed by atoms with Crippen molar-refractivity contribution in [3.05, 3.63) is 11.9 Å². The van der Waals surface area contributed by atoms with Gasteiger partial charge in [-0.3, -0.25) is 0 Å². The molecule has 1 heterocycles. The third-order valence-electron chi connectivity index (χ3n) is 0.674. The molecule has 1 aliphatic rings. The number of hydrogen-bond acceptors (Lipinski definition) is 3. The summed E-state index contributed by atoms with van der Waals surface area (Å²) in [4.78, 5) is 7.43. The summed E-state index contributed by atoms with van der Waals surface area (Å²) >= 11 is 0. The Balaban J connectivity index is 2.79. The predicted molar refractivity (Wildman–Crippen MR) is 30.7 cm³/mol. The van der Waals surface area contributed by atoms with Crippen LogP contribution < -0.4 is 0 Å². The second kappa shape index (κ2) is 2.03. The first-order valence-corrected chi connectivity index (χ1v) is 2.10. The third kappa shape index (κ3) is 0.793. The molecule has 0 saturated heterocycles. The molecular formula is C5H3N3. The average Bonchev–Trinajstić information content (AvgIpc) is 2.19. The second-order valence-electron chi connectivity index (χ2n) is 1.19. The molecule has 0 fully saturated rings. The van der Waals surface area contributed by atoms with E-state index in [0.29, 0.717) is 5.82 Å². The van der Waals surface area contributed by atoms with Crippen LogP contribution in [0.4, 0.5) is 0 Å². The maximum absolute atomic E-state index is 8.05. The number of allylic oxidation sites excluding steroid dienone is 1. The van der Waals surface area contributed by atoms with E-state index in [-0.39, 0.29) is 0 Å². The largest absolute Gasteiger partial charge is 0.235 e. The van der Waals surface area contributed by atoms with Gasteiger partial charge in [-0.25, -0.2) is 9.98 Å². The van der Waals surface area contributed by atoms with E-state index >= 15 is 0 Å². The van der Waals surface area contributed by atoms with Crippen molar-refractivity contribution in [2.75, 3.05) is 0 Å². The van der Waals surface area contributed by atoms with E-state index in [1.807, 2.05) is 6.07 Å². The minimum Gasteiger partial charge on any atom is -0.235 e. The zero-order valence-electron chi connectivity index (χ0n) is 4.07. The van der Waals surface area contributed by atoms with Gasteiger partial charge in [0.15, 0.2) is 5.82 Å². The van der Waals surface area contributed by atoms with Gasteiger partial charge >= 0.3 is 0 Å². The second-order valence-corrected chi connectivity index (χ2v) is 1.19. The molecule has 0 aromatic heterocycles. The average molecular weight is 105 g/mol. The Morgan fingerprint density at radius 1 is 1.50 bits per heavy atom. The SMILES string of the molecule is N#CC=C1N=CC=N1. The van der Waals surface area contributed by atoms with Crippen molar-refractivity contribution in [1.82, 2.24) is 0 Å². The Morgan fingerprint density at radius 3 is 2.62 bits per heavy atom. The number of nitriles is 1. The Hall–Kier alpha value is -1.43. The van der Waals surface area contributed by atoms with Gasteiger partial charge in [-0.2, -0.15) is 5.26 Å². The summed E-state index contributed by atoms with van der Waals surface area (Å²) in [5.74, 6) is 0.479. The summed E-state index contributed by atoms with van der Waals surface area (Å²) in [5, 5.41) is 8.05. The molecule has 3 heteroatoms. The van der Waals surface area contributed by atoms with Crippen molar-refractivity contribution in [3.63, 3.8) is 0 Å². The highest BCUT2D eigenvalue weighted by Crippen LogP contribution is 1.98. The summed E-state index contributed by atoms with van der Waals surface area (Å²) in [7, 11) is 0. The van der Waals surface area contributed by atoms with Crippen LogP contribution in [0.5, 0.6) is 0 Å². The fourth-order valence-corrected chi connectivity index (χ4v) is 0.385. The highest BCUT2D eigenvalue weighted by molar-refractivity contribution is 6.18. The third-order valence-corrected chi connectivity index (χ3v) is 0.674. The molecule has 0 amide bonds. The van der Waals surface area contributed by atoms with Gasteiger partial charge in [0, 0.05) is 12.4 Å². The van der Waals surface area contributed by atoms with E-state index in [0.717, 1.165) is 0 Å². The topological polar surface area (TPSA) is 48.5 Å². The van der Waals surface area contributed by atoms with Gasteiger partial charge in [0.2, 0.25) is 0 Å². The lowest BCUT2D eigenvalue weighted by atomic mass is 10.6. The Kier molecular flexibility index (Phi) is 1.20. The van der Waals surface area contributed by atoms with E-state index in [1.54, 1.807) is 12.4 Å². The molecule has 3 nitrogen and oxygen atoms in total. The van der Waals surface area contributed by atoms with E-state index in [1.165, 1.54) is 6.08 Å². The molecule has 0 atom stereocenters. The molecule has 0 radical (unpaired) electrons. The number of hydrogen-bond donors (Lipinski definition) is 0. The summed E-state index contributed by atoms with van der Waals surface area (Å²) in [6.45, 7) is 0. The monoisotopic (exact) mass is 105 g/mol. The van der Waals surface area contributed by atoms with Crippen LogP contribution in [-0.4, -0.2) is 12.4 Å². The van der Waals surface area contributed by atoms with Crippen LogP contribution in [0.1, 0.15) is 0 Å². The van der Waals surface area contributed by atoms with Gasteiger partial charge in [-0.05, 0) is 0 Å². The minimum atomic E-state index is 0.479. The molecule has 0 N–H and O–H groups in total.